The van der Waals surface area contributed by atoms with Crippen LogP contribution in [0, 0.1) is 0 Å². The van der Waals surface area contributed by atoms with Crippen molar-refractivity contribution in [2.75, 3.05) is 32.1 Å². The van der Waals surface area contributed by atoms with Crippen molar-refractivity contribution in [1.82, 2.24) is 14.7 Å². The molecule has 1 atom stereocenters. The van der Waals surface area contributed by atoms with Crippen LogP contribution in [0.2, 0.25) is 0 Å². The lowest BCUT2D eigenvalue weighted by Crippen LogP contribution is -2.29. The molecule has 3 heterocycles. The van der Waals surface area contributed by atoms with Crippen molar-refractivity contribution in [2.24, 2.45) is 0 Å². The minimum atomic E-state index is 0.546. The van der Waals surface area contributed by atoms with E-state index >= 15 is 0 Å². The summed E-state index contributed by atoms with van der Waals surface area (Å²) in [7, 11) is 4.11. The van der Waals surface area contributed by atoms with Gasteiger partial charge in [-0.25, -0.2) is 4.98 Å². The predicted molar refractivity (Wildman–Crippen MR) is 74.4 cm³/mol. The summed E-state index contributed by atoms with van der Waals surface area (Å²) < 4.78 is 2.19. The van der Waals surface area contributed by atoms with Crippen molar-refractivity contribution < 1.29 is 0 Å². The van der Waals surface area contributed by atoms with E-state index in [0.717, 1.165) is 18.9 Å². The smallest absolute Gasteiger partial charge is 0.152 e. The van der Waals surface area contributed by atoms with Gasteiger partial charge in [-0.1, -0.05) is 0 Å². The maximum Gasteiger partial charge on any atom is 0.152 e. The molecule has 4 nitrogen and oxygen atoms in total. The lowest BCUT2D eigenvalue weighted by Gasteiger charge is -2.24. The Bertz CT molecular complexity index is 538. The molecular weight excluding hydrogens is 224 g/mol. The Morgan fingerprint density at radius 3 is 3.06 bits per heavy atom. The van der Waals surface area contributed by atoms with Crippen LogP contribution in [0.4, 0.5) is 5.82 Å². The summed E-state index contributed by atoms with van der Waals surface area (Å²) in [4.78, 5) is 6.95. The number of nitrogens with one attached hydrogen (secondary N) is 1. The highest BCUT2D eigenvalue weighted by Crippen LogP contribution is 2.26. The van der Waals surface area contributed by atoms with E-state index in [-0.39, 0.29) is 0 Å². The van der Waals surface area contributed by atoms with E-state index in [2.05, 4.69) is 53.2 Å². The minimum absolute atomic E-state index is 0.546. The van der Waals surface area contributed by atoms with E-state index in [1.54, 1.807) is 0 Å². The quantitative estimate of drug-likeness (QED) is 0.875. The molecule has 0 amide bonds. The average molecular weight is 244 g/mol. The van der Waals surface area contributed by atoms with E-state index in [9.17, 15) is 0 Å². The van der Waals surface area contributed by atoms with Gasteiger partial charge < -0.3 is 14.6 Å². The topological polar surface area (TPSA) is 32.6 Å². The van der Waals surface area contributed by atoms with Crippen molar-refractivity contribution in [3.8, 4) is 0 Å². The molecular formula is C14H20N4. The lowest BCUT2D eigenvalue weighted by atomic mass is 9.96. The maximum atomic E-state index is 4.86. The first kappa shape index (κ1) is 11.5. The third-order valence-electron chi connectivity index (χ3n) is 3.65. The fourth-order valence-electron chi connectivity index (χ4n) is 2.68. The van der Waals surface area contributed by atoms with Gasteiger partial charge in [0.05, 0.1) is 11.2 Å². The van der Waals surface area contributed by atoms with Crippen LogP contribution in [0.3, 0.4) is 0 Å². The second-order valence-corrected chi connectivity index (χ2v) is 5.23. The van der Waals surface area contributed by atoms with E-state index < -0.39 is 0 Å². The Hall–Kier alpha value is -1.55. The number of anilines is 1. The van der Waals surface area contributed by atoms with Gasteiger partial charge in [0.1, 0.15) is 0 Å². The van der Waals surface area contributed by atoms with Gasteiger partial charge in [-0.2, -0.15) is 0 Å². The van der Waals surface area contributed by atoms with Crippen LogP contribution in [0.1, 0.15) is 24.5 Å². The number of fused-ring (bicyclic) bond motifs is 1. The van der Waals surface area contributed by atoms with Crippen LogP contribution in [0.15, 0.2) is 24.5 Å². The molecule has 0 saturated carbocycles. The fraction of sp³-hybridized carbons (Fsp3) is 0.500. The summed E-state index contributed by atoms with van der Waals surface area (Å²) in [5.74, 6) is 1.60. The molecule has 96 valence electrons. The van der Waals surface area contributed by atoms with Gasteiger partial charge in [0.25, 0.3) is 0 Å². The monoisotopic (exact) mass is 244 g/mol. The van der Waals surface area contributed by atoms with Crippen LogP contribution in [-0.2, 0) is 0 Å². The molecule has 2 aromatic heterocycles. The first-order valence-corrected chi connectivity index (χ1v) is 6.61. The van der Waals surface area contributed by atoms with Crippen LogP contribution in [-0.4, -0.2) is 36.6 Å². The van der Waals surface area contributed by atoms with Gasteiger partial charge in [-0.05, 0) is 31.5 Å². The Balaban J connectivity index is 2.06. The second kappa shape index (κ2) is 4.61. The van der Waals surface area contributed by atoms with Crippen molar-refractivity contribution in [3.63, 3.8) is 0 Å². The van der Waals surface area contributed by atoms with Gasteiger partial charge >= 0.3 is 0 Å². The van der Waals surface area contributed by atoms with Gasteiger partial charge in [0.2, 0.25) is 0 Å². The van der Waals surface area contributed by atoms with Gasteiger partial charge in [0, 0.05) is 39.0 Å². The molecule has 4 heteroatoms. The highest BCUT2D eigenvalue weighted by atomic mass is 15.2. The molecule has 1 aliphatic heterocycles. The van der Waals surface area contributed by atoms with Crippen molar-refractivity contribution in [3.05, 3.63) is 30.2 Å². The van der Waals surface area contributed by atoms with Gasteiger partial charge in [0.15, 0.2) is 5.82 Å². The highest BCUT2D eigenvalue weighted by Gasteiger charge is 2.18. The molecule has 0 radical (unpaired) electrons. The van der Waals surface area contributed by atoms with E-state index in [4.69, 9.17) is 4.98 Å². The predicted octanol–water partition coefficient (Wildman–Crippen LogP) is 1.87. The molecule has 0 aliphatic carbocycles. The first-order valence-electron chi connectivity index (χ1n) is 6.61. The second-order valence-electron chi connectivity index (χ2n) is 5.23. The van der Waals surface area contributed by atoms with Crippen molar-refractivity contribution >= 4 is 11.3 Å². The van der Waals surface area contributed by atoms with Gasteiger partial charge in [-0.3, -0.25) is 0 Å². The number of aromatic nitrogens is 2. The van der Waals surface area contributed by atoms with Crippen LogP contribution in [0.25, 0.3) is 5.52 Å². The standard InChI is InChI=1S/C14H20N4/c1-17(2)14-13-6-4-8-18(13)10-12(16-14)11-5-3-7-15-9-11/h4,6,8,10-11,15H,3,5,7,9H2,1-2H3/t11-/m1/s1. The van der Waals surface area contributed by atoms with Crippen LogP contribution >= 0.6 is 0 Å². The molecule has 1 saturated heterocycles. The van der Waals surface area contributed by atoms with Gasteiger partial charge in [-0.15, -0.1) is 0 Å². The number of piperidine rings is 1. The molecule has 1 aliphatic rings. The SMILES string of the molecule is CN(C)c1nc([C@@H]2CCCNC2)cn2cccc12. The maximum absolute atomic E-state index is 4.86. The summed E-state index contributed by atoms with van der Waals surface area (Å²) in [5.41, 5.74) is 2.38. The molecule has 3 rings (SSSR count). The summed E-state index contributed by atoms with van der Waals surface area (Å²) in [6.07, 6.45) is 6.76. The van der Waals surface area contributed by atoms with E-state index in [0.29, 0.717) is 5.92 Å². The van der Waals surface area contributed by atoms with E-state index in [1.165, 1.54) is 24.1 Å². The Kier molecular flexibility index (Phi) is 2.96. The molecule has 0 aromatic carbocycles. The average Bonchev–Trinajstić information content (AvgIpc) is 2.86. The third-order valence-corrected chi connectivity index (χ3v) is 3.65. The zero-order chi connectivity index (χ0) is 12.5. The summed E-state index contributed by atoms with van der Waals surface area (Å²) in [6.45, 7) is 2.19. The Morgan fingerprint density at radius 2 is 2.33 bits per heavy atom. The summed E-state index contributed by atoms with van der Waals surface area (Å²) in [5, 5.41) is 3.46. The first-order chi connectivity index (χ1) is 8.75. The molecule has 2 aromatic rings. The summed E-state index contributed by atoms with van der Waals surface area (Å²) >= 11 is 0. The Morgan fingerprint density at radius 1 is 1.44 bits per heavy atom. The molecule has 18 heavy (non-hydrogen) atoms. The Labute approximate surface area is 108 Å². The number of hydrogen-bond donors (Lipinski definition) is 1. The summed E-state index contributed by atoms with van der Waals surface area (Å²) in [6, 6.07) is 4.19. The minimum Gasteiger partial charge on any atom is -0.361 e. The molecule has 1 fully saturated rings. The fourth-order valence-corrected chi connectivity index (χ4v) is 2.68. The molecule has 0 spiro atoms. The van der Waals surface area contributed by atoms with Crippen LogP contribution in [0.5, 0.6) is 0 Å². The zero-order valence-corrected chi connectivity index (χ0v) is 11.1. The third kappa shape index (κ3) is 1.97. The number of rotatable bonds is 2. The van der Waals surface area contributed by atoms with Crippen molar-refractivity contribution in [2.45, 2.75) is 18.8 Å². The number of hydrogen-bond acceptors (Lipinski definition) is 3. The largest absolute Gasteiger partial charge is 0.361 e. The number of nitrogens with zero attached hydrogens (tertiary/aromatic N) is 3. The zero-order valence-electron chi connectivity index (χ0n) is 11.1. The van der Waals surface area contributed by atoms with Crippen molar-refractivity contribution in [1.29, 1.82) is 0 Å². The normalized spacial score (nSPS) is 20.2. The highest BCUT2D eigenvalue weighted by molar-refractivity contribution is 5.69. The van der Waals surface area contributed by atoms with E-state index in [1.807, 2.05) is 0 Å². The molecule has 0 bridgehead atoms. The lowest BCUT2D eigenvalue weighted by molar-refractivity contribution is 0.453. The van der Waals surface area contributed by atoms with Crippen LogP contribution < -0.4 is 10.2 Å². The molecule has 0 unspecified atom stereocenters. The molecule has 1 N–H and O–H groups in total.